The third kappa shape index (κ3) is 2.74. The Balaban J connectivity index is 1.60. The number of nitrogens with zero attached hydrogens (tertiary/aromatic N) is 5. The van der Waals surface area contributed by atoms with Gasteiger partial charge in [-0.15, -0.1) is 5.10 Å². The number of rotatable bonds is 4. The minimum absolute atomic E-state index is 0.285. The number of aromatic nitrogens is 6. The van der Waals surface area contributed by atoms with Crippen LogP contribution in [0.4, 0.5) is 0 Å². The third-order valence-corrected chi connectivity index (χ3v) is 3.91. The number of H-pyrrole nitrogens is 1. The van der Waals surface area contributed by atoms with Crippen LogP contribution in [0.15, 0.2) is 54.6 Å². The van der Waals surface area contributed by atoms with E-state index in [0.717, 1.165) is 16.6 Å². The molecule has 0 spiro atoms. The lowest BCUT2D eigenvalue weighted by atomic mass is 10.2. The van der Waals surface area contributed by atoms with Crippen molar-refractivity contribution in [3.8, 4) is 5.69 Å². The fourth-order valence-corrected chi connectivity index (χ4v) is 2.68. The zero-order chi connectivity index (χ0) is 17.2. The molecule has 0 unspecified atom stereocenters. The Morgan fingerprint density at radius 2 is 1.88 bits per heavy atom. The molecular formula is C17H15N7O. The van der Waals surface area contributed by atoms with Gasteiger partial charge in [0.25, 0.3) is 5.91 Å². The summed E-state index contributed by atoms with van der Waals surface area (Å²) in [6.45, 7) is 1.83. The Morgan fingerprint density at radius 1 is 1.12 bits per heavy atom. The fourth-order valence-electron chi connectivity index (χ4n) is 2.68. The maximum atomic E-state index is 12.6. The van der Waals surface area contributed by atoms with Crippen LogP contribution in [-0.4, -0.2) is 36.3 Å². The van der Waals surface area contributed by atoms with Gasteiger partial charge in [0.15, 0.2) is 11.5 Å². The molecule has 0 saturated carbocycles. The topological polar surface area (TPSA) is 101 Å². The summed E-state index contributed by atoms with van der Waals surface area (Å²) in [5, 5.41) is 22.4. The third-order valence-electron chi connectivity index (χ3n) is 3.91. The van der Waals surface area contributed by atoms with Crippen molar-refractivity contribution in [2.24, 2.45) is 0 Å². The molecule has 0 aliphatic carbocycles. The van der Waals surface area contributed by atoms with Gasteiger partial charge >= 0.3 is 0 Å². The first kappa shape index (κ1) is 15.0. The highest BCUT2D eigenvalue weighted by Gasteiger charge is 2.21. The van der Waals surface area contributed by atoms with E-state index in [0.29, 0.717) is 11.5 Å². The van der Waals surface area contributed by atoms with Gasteiger partial charge < -0.3 is 5.32 Å². The first-order valence-electron chi connectivity index (χ1n) is 7.81. The number of hydrogen-bond acceptors (Lipinski definition) is 5. The van der Waals surface area contributed by atoms with E-state index in [1.165, 1.54) is 0 Å². The quantitative estimate of drug-likeness (QED) is 0.595. The van der Waals surface area contributed by atoms with Gasteiger partial charge in [-0.2, -0.15) is 9.78 Å². The molecule has 1 amide bonds. The molecule has 8 heteroatoms. The zero-order valence-corrected chi connectivity index (χ0v) is 13.4. The number of para-hydroxylation sites is 2. The first-order chi connectivity index (χ1) is 12.2. The van der Waals surface area contributed by atoms with Crippen molar-refractivity contribution in [1.29, 1.82) is 0 Å². The monoisotopic (exact) mass is 333 g/mol. The first-order valence-corrected chi connectivity index (χ1v) is 7.81. The largest absolute Gasteiger partial charge is 0.341 e. The lowest BCUT2D eigenvalue weighted by Crippen LogP contribution is -2.29. The van der Waals surface area contributed by atoms with Gasteiger partial charge in [0, 0.05) is 5.39 Å². The number of tetrazole rings is 1. The van der Waals surface area contributed by atoms with Crippen LogP contribution in [-0.2, 0) is 0 Å². The predicted molar refractivity (Wildman–Crippen MR) is 91.1 cm³/mol. The average Bonchev–Trinajstić information content (AvgIpc) is 3.29. The van der Waals surface area contributed by atoms with Crippen LogP contribution in [0, 0.1) is 0 Å². The molecule has 25 heavy (non-hydrogen) atoms. The Bertz CT molecular complexity index is 1020. The van der Waals surface area contributed by atoms with Crippen molar-refractivity contribution in [3.63, 3.8) is 0 Å². The van der Waals surface area contributed by atoms with Crippen molar-refractivity contribution in [2.75, 3.05) is 0 Å². The minimum Gasteiger partial charge on any atom is -0.341 e. The normalized spacial score (nSPS) is 12.2. The van der Waals surface area contributed by atoms with Crippen molar-refractivity contribution in [2.45, 2.75) is 13.0 Å². The van der Waals surface area contributed by atoms with Crippen LogP contribution in [0.5, 0.6) is 0 Å². The Kier molecular flexibility index (Phi) is 3.70. The van der Waals surface area contributed by atoms with Gasteiger partial charge in [-0.25, -0.2) is 0 Å². The zero-order valence-electron chi connectivity index (χ0n) is 13.4. The fraction of sp³-hybridized carbons (Fsp3) is 0.118. The van der Waals surface area contributed by atoms with Crippen LogP contribution in [0.25, 0.3) is 16.6 Å². The summed E-state index contributed by atoms with van der Waals surface area (Å²) in [5.74, 6) is 0.256. The molecule has 0 saturated heterocycles. The van der Waals surface area contributed by atoms with E-state index in [1.807, 2.05) is 61.5 Å². The molecule has 4 rings (SSSR count). The van der Waals surface area contributed by atoms with E-state index >= 15 is 0 Å². The second kappa shape index (κ2) is 6.16. The van der Waals surface area contributed by atoms with E-state index in [2.05, 4.69) is 31.0 Å². The van der Waals surface area contributed by atoms with Gasteiger partial charge in [-0.3, -0.25) is 9.89 Å². The summed E-state index contributed by atoms with van der Waals surface area (Å²) in [6.07, 6.45) is 0. The summed E-state index contributed by atoms with van der Waals surface area (Å²) in [6, 6.07) is 16.6. The Hall–Kier alpha value is -3.55. The van der Waals surface area contributed by atoms with Crippen molar-refractivity contribution in [3.05, 3.63) is 66.1 Å². The van der Waals surface area contributed by atoms with Gasteiger partial charge in [0.05, 0.1) is 17.2 Å². The summed E-state index contributed by atoms with van der Waals surface area (Å²) in [4.78, 5) is 12.6. The number of carbonyl (C=O) groups excluding carboxylic acids is 1. The summed E-state index contributed by atoms with van der Waals surface area (Å²) < 4.78 is 1.60. The molecule has 0 aliphatic rings. The SMILES string of the molecule is C[C@H](NC(=O)c1n[nH]c2ccccc12)c1nnnn1-c1ccccc1. The molecule has 0 radical (unpaired) electrons. The molecule has 4 aromatic rings. The molecule has 2 heterocycles. The highest BCUT2D eigenvalue weighted by Crippen LogP contribution is 2.17. The van der Waals surface area contributed by atoms with Crippen molar-refractivity contribution >= 4 is 16.8 Å². The van der Waals surface area contributed by atoms with Gasteiger partial charge in [-0.1, -0.05) is 36.4 Å². The molecule has 0 fully saturated rings. The molecule has 1 atom stereocenters. The maximum Gasteiger partial charge on any atom is 0.273 e. The number of amides is 1. The molecule has 0 aliphatic heterocycles. The second-order valence-corrected chi connectivity index (χ2v) is 5.60. The number of nitrogens with one attached hydrogen (secondary N) is 2. The molecule has 0 bridgehead atoms. The van der Waals surface area contributed by atoms with E-state index in [4.69, 9.17) is 0 Å². The average molecular weight is 333 g/mol. The number of aromatic amines is 1. The number of carbonyl (C=O) groups is 1. The standard InChI is InChI=1S/C17H15N7O/c1-11(16-21-22-23-24(16)12-7-3-2-4-8-12)18-17(25)15-13-9-5-6-10-14(13)19-20-15/h2-11H,1H3,(H,18,25)(H,19,20)/t11-/m0/s1. The molecule has 2 aromatic carbocycles. The highest BCUT2D eigenvalue weighted by atomic mass is 16.2. The van der Waals surface area contributed by atoms with Gasteiger partial charge in [0.1, 0.15) is 0 Å². The summed E-state index contributed by atoms with van der Waals surface area (Å²) >= 11 is 0. The van der Waals surface area contributed by atoms with Crippen LogP contribution >= 0.6 is 0 Å². The number of hydrogen-bond donors (Lipinski definition) is 2. The lowest BCUT2D eigenvalue weighted by molar-refractivity contribution is 0.0934. The van der Waals surface area contributed by atoms with E-state index in [-0.39, 0.29) is 5.91 Å². The predicted octanol–water partition coefficient (Wildman–Crippen LogP) is 2.03. The molecule has 8 nitrogen and oxygen atoms in total. The van der Waals surface area contributed by atoms with E-state index in [9.17, 15) is 4.79 Å². The van der Waals surface area contributed by atoms with Crippen LogP contribution in [0.2, 0.25) is 0 Å². The van der Waals surface area contributed by atoms with Crippen molar-refractivity contribution < 1.29 is 4.79 Å². The van der Waals surface area contributed by atoms with E-state index < -0.39 is 6.04 Å². The van der Waals surface area contributed by atoms with Gasteiger partial charge in [0.2, 0.25) is 0 Å². The minimum atomic E-state index is -0.391. The van der Waals surface area contributed by atoms with Crippen molar-refractivity contribution in [1.82, 2.24) is 35.7 Å². The Labute approximate surface area is 142 Å². The van der Waals surface area contributed by atoms with Gasteiger partial charge in [-0.05, 0) is 35.5 Å². The molecular weight excluding hydrogens is 318 g/mol. The summed E-state index contributed by atoms with van der Waals surface area (Å²) in [7, 11) is 0. The van der Waals surface area contributed by atoms with E-state index in [1.54, 1.807) is 4.68 Å². The smallest absolute Gasteiger partial charge is 0.273 e. The lowest BCUT2D eigenvalue weighted by Gasteiger charge is -2.13. The highest BCUT2D eigenvalue weighted by molar-refractivity contribution is 6.04. The molecule has 124 valence electrons. The second-order valence-electron chi connectivity index (χ2n) is 5.60. The van der Waals surface area contributed by atoms with Crippen LogP contribution < -0.4 is 5.32 Å². The number of benzene rings is 2. The summed E-state index contributed by atoms with van der Waals surface area (Å²) in [5.41, 5.74) is 1.99. The maximum absolute atomic E-state index is 12.6. The van der Waals surface area contributed by atoms with Crippen LogP contribution in [0.1, 0.15) is 29.3 Å². The number of fused-ring (bicyclic) bond motifs is 1. The van der Waals surface area contributed by atoms with Crippen LogP contribution in [0.3, 0.4) is 0 Å². The molecule has 2 N–H and O–H groups in total. The molecule has 2 aromatic heterocycles. The Morgan fingerprint density at radius 3 is 2.72 bits per heavy atom.